The molecule has 0 bridgehead atoms. The van der Waals surface area contributed by atoms with Gasteiger partial charge in [0, 0.05) is 12.1 Å². The van der Waals surface area contributed by atoms with Gasteiger partial charge in [0.05, 0.1) is 5.52 Å². The summed E-state index contributed by atoms with van der Waals surface area (Å²) < 4.78 is 16.9. The van der Waals surface area contributed by atoms with Crippen LogP contribution in [0.4, 0.5) is 4.39 Å². The van der Waals surface area contributed by atoms with Gasteiger partial charge in [0.15, 0.2) is 11.3 Å². The lowest BCUT2D eigenvalue weighted by Crippen LogP contribution is -2.02. The van der Waals surface area contributed by atoms with E-state index in [4.69, 9.17) is 5.11 Å². The summed E-state index contributed by atoms with van der Waals surface area (Å²) in [5, 5.41) is 8.90. The summed E-state index contributed by atoms with van der Waals surface area (Å²) in [6, 6.07) is 1.30. The zero-order valence-corrected chi connectivity index (χ0v) is 5.80. The van der Waals surface area contributed by atoms with Crippen molar-refractivity contribution in [1.29, 1.82) is 0 Å². The molecule has 0 amide bonds. The second-order valence-electron chi connectivity index (χ2n) is 2.31. The van der Waals surface area contributed by atoms with Crippen molar-refractivity contribution in [2.75, 3.05) is 0 Å². The van der Waals surface area contributed by atoms with E-state index in [1.807, 2.05) is 0 Å². The van der Waals surface area contributed by atoms with Crippen molar-refractivity contribution >= 4 is 11.1 Å². The molecule has 0 aliphatic heterocycles. The average molecular weight is 169 g/mol. The normalized spacial score (nSPS) is 10.8. The third-order valence-electron chi connectivity index (χ3n) is 1.48. The van der Waals surface area contributed by atoms with E-state index in [1.54, 1.807) is 0 Å². The van der Waals surface area contributed by atoms with Gasteiger partial charge in [0.2, 0.25) is 0 Å². The number of hydrogen-bond acceptors (Lipinski definition) is 3. The minimum Gasteiger partial charge on any atom is -0.503 e. The molecule has 62 valence electrons. The van der Waals surface area contributed by atoms with Gasteiger partial charge in [-0.3, -0.25) is 4.79 Å². The highest BCUT2D eigenvalue weighted by atomic mass is 19.1. The number of nitrogens with one attached hydrogen (secondary N) is 1. The molecule has 0 aliphatic carbocycles. The van der Waals surface area contributed by atoms with Crippen LogP contribution >= 0.6 is 0 Å². The molecule has 2 aromatic heterocycles. The Balaban J connectivity index is 2.92. The van der Waals surface area contributed by atoms with Crippen LogP contribution in [-0.2, 0) is 0 Å². The molecule has 5 heteroatoms. The molecule has 2 heterocycles. The highest BCUT2D eigenvalue weighted by Gasteiger charge is 2.06. The maximum absolute atomic E-state index is 12.4. The van der Waals surface area contributed by atoms with Crippen LogP contribution in [0.1, 0.15) is 0 Å². The van der Waals surface area contributed by atoms with Crippen LogP contribution in [0.2, 0.25) is 0 Å². The van der Waals surface area contributed by atoms with Gasteiger partial charge in [0.25, 0.3) is 11.6 Å². The molecular weight excluding hydrogens is 165 g/mol. The number of H-pyrrole nitrogens is 1. The molecule has 0 radical (unpaired) electrons. The minimum atomic E-state index is -0.800. The highest BCUT2D eigenvalue weighted by Crippen LogP contribution is 2.16. The van der Waals surface area contributed by atoms with Gasteiger partial charge in [0.1, 0.15) is 0 Å². The number of pyridine rings is 1. The standard InChI is InChI=1S/C7H4FNO3/c8-6-1-3-5(12-6)2-4(10)7(11)9-3/h1-2,10H,(H,9,11). The Kier molecular flexibility index (Phi) is 1.21. The van der Waals surface area contributed by atoms with Gasteiger partial charge in [-0.2, -0.15) is 4.39 Å². The Morgan fingerprint density at radius 2 is 2.25 bits per heavy atom. The number of aromatic nitrogens is 1. The molecule has 2 N–H and O–H groups in total. The molecule has 0 fully saturated rings. The van der Waals surface area contributed by atoms with Crippen molar-refractivity contribution in [3.05, 3.63) is 28.5 Å². The second-order valence-corrected chi connectivity index (χ2v) is 2.31. The lowest BCUT2D eigenvalue weighted by atomic mass is 10.4. The molecule has 4 nitrogen and oxygen atoms in total. The van der Waals surface area contributed by atoms with Gasteiger partial charge in [-0.25, -0.2) is 0 Å². The number of aromatic amines is 1. The van der Waals surface area contributed by atoms with Crippen LogP contribution < -0.4 is 5.56 Å². The fraction of sp³-hybridized carbons (Fsp3) is 0. The van der Waals surface area contributed by atoms with Crippen molar-refractivity contribution in [1.82, 2.24) is 4.98 Å². The van der Waals surface area contributed by atoms with Crippen LogP contribution in [0.3, 0.4) is 0 Å². The van der Waals surface area contributed by atoms with E-state index < -0.39 is 17.3 Å². The molecule has 12 heavy (non-hydrogen) atoms. The molecule has 0 aromatic carbocycles. The summed E-state index contributed by atoms with van der Waals surface area (Å²) in [4.78, 5) is 13.0. The summed E-state index contributed by atoms with van der Waals surface area (Å²) in [6.45, 7) is 0. The van der Waals surface area contributed by atoms with Crippen LogP contribution in [0.5, 0.6) is 5.75 Å². The number of fused-ring (bicyclic) bond motifs is 1. The zero-order valence-electron chi connectivity index (χ0n) is 5.80. The fourth-order valence-electron chi connectivity index (χ4n) is 0.955. The first-order valence-electron chi connectivity index (χ1n) is 3.18. The van der Waals surface area contributed by atoms with Gasteiger partial charge < -0.3 is 14.5 Å². The number of rotatable bonds is 0. The molecule has 2 aromatic rings. The number of hydrogen-bond donors (Lipinski definition) is 2. The van der Waals surface area contributed by atoms with Crippen molar-refractivity contribution in [2.45, 2.75) is 0 Å². The van der Waals surface area contributed by atoms with E-state index in [-0.39, 0.29) is 11.1 Å². The van der Waals surface area contributed by atoms with Crippen LogP contribution in [-0.4, -0.2) is 10.1 Å². The first-order valence-corrected chi connectivity index (χ1v) is 3.18. The summed E-state index contributed by atoms with van der Waals surface area (Å²) >= 11 is 0. The van der Waals surface area contributed by atoms with E-state index >= 15 is 0 Å². The number of aromatic hydroxyl groups is 1. The van der Waals surface area contributed by atoms with Crippen molar-refractivity contribution in [3.63, 3.8) is 0 Å². The molecule has 0 saturated heterocycles. The Morgan fingerprint density at radius 3 is 3.00 bits per heavy atom. The molecule has 0 atom stereocenters. The minimum absolute atomic E-state index is 0.115. The molecule has 0 unspecified atom stereocenters. The Morgan fingerprint density at radius 1 is 1.50 bits per heavy atom. The lowest BCUT2D eigenvalue weighted by Gasteiger charge is -1.88. The fourth-order valence-corrected chi connectivity index (χ4v) is 0.955. The number of furan rings is 1. The third-order valence-corrected chi connectivity index (χ3v) is 1.48. The number of halogens is 1. The molecule has 0 saturated carbocycles. The van der Waals surface area contributed by atoms with Crippen LogP contribution in [0, 0.1) is 6.01 Å². The monoisotopic (exact) mass is 169 g/mol. The van der Waals surface area contributed by atoms with Gasteiger partial charge >= 0.3 is 0 Å². The van der Waals surface area contributed by atoms with E-state index in [9.17, 15) is 9.18 Å². The van der Waals surface area contributed by atoms with Crippen molar-refractivity contribution < 1.29 is 13.9 Å². The first-order chi connectivity index (χ1) is 5.66. The zero-order chi connectivity index (χ0) is 8.72. The summed E-state index contributed by atoms with van der Waals surface area (Å²) in [5.74, 6) is -0.489. The van der Waals surface area contributed by atoms with Crippen LogP contribution in [0.15, 0.2) is 21.3 Å². The third kappa shape index (κ3) is 0.868. The summed E-state index contributed by atoms with van der Waals surface area (Å²) in [7, 11) is 0. The summed E-state index contributed by atoms with van der Waals surface area (Å²) in [5.41, 5.74) is -0.316. The molecular formula is C7H4FNO3. The SMILES string of the molecule is O=c1[nH]c2cc(F)oc2cc1O. The first kappa shape index (κ1) is 6.90. The van der Waals surface area contributed by atoms with E-state index in [1.165, 1.54) is 0 Å². The predicted molar refractivity (Wildman–Crippen MR) is 38.5 cm³/mol. The quantitative estimate of drug-likeness (QED) is 0.617. The maximum Gasteiger partial charge on any atom is 0.290 e. The van der Waals surface area contributed by atoms with Gasteiger partial charge in [-0.15, -0.1) is 0 Å². The highest BCUT2D eigenvalue weighted by molar-refractivity contribution is 5.73. The van der Waals surface area contributed by atoms with Crippen LogP contribution in [0.25, 0.3) is 11.1 Å². The van der Waals surface area contributed by atoms with E-state index in [0.29, 0.717) is 0 Å². The topological polar surface area (TPSA) is 66.2 Å². The average Bonchev–Trinajstić information content (AvgIpc) is 2.30. The molecule has 2 rings (SSSR count). The molecule has 0 spiro atoms. The lowest BCUT2D eigenvalue weighted by molar-refractivity contribution is 0.380. The largest absolute Gasteiger partial charge is 0.503 e. The van der Waals surface area contributed by atoms with E-state index in [2.05, 4.69) is 9.40 Å². The summed E-state index contributed by atoms with van der Waals surface area (Å²) in [6.07, 6.45) is 0. The second kappa shape index (κ2) is 2.10. The van der Waals surface area contributed by atoms with Crippen molar-refractivity contribution in [2.24, 2.45) is 0 Å². The van der Waals surface area contributed by atoms with Crippen molar-refractivity contribution in [3.8, 4) is 5.75 Å². The van der Waals surface area contributed by atoms with Gasteiger partial charge in [-0.1, -0.05) is 0 Å². The Labute approximate surface area is 65.2 Å². The maximum atomic E-state index is 12.4. The Bertz CT molecular complexity index is 485. The predicted octanol–water partition coefficient (Wildman–Crippen LogP) is 0.966. The van der Waals surface area contributed by atoms with E-state index in [0.717, 1.165) is 12.1 Å². The smallest absolute Gasteiger partial charge is 0.290 e. The molecule has 0 aliphatic rings. The van der Waals surface area contributed by atoms with Gasteiger partial charge in [-0.05, 0) is 0 Å². The Hall–Kier alpha value is -1.78.